The number of nitrogens with zero attached hydrogens (tertiary/aromatic N) is 1. The lowest BCUT2D eigenvalue weighted by Gasteiger charge is -2.29. The molecule has 8 aromatic rings. The van der Waals surface area contributed by atoms with E-state index in [1.165, 1.54) is 87.2 Å². The number of anilines is 3. The van der Waals surface area contributed by atoms with E-state index in [9.17, 15) is 0 Å². The molecule has 1 nitrogen and oxygen atoms in total. The fraction of sp³-hybridized carbons (Fsp3) is 0.0233. The fourth-order valence-electron chi connectivity index (χ4n) is 8.83. The van der Waals surface area contributed by atoms with Crippen molar-refractivity contribution in [1.29, 1.82) is 0 Å². The zero-order chi connectivity index (χ0) is 29.3. The first-order valence-electron chi connectivity index (χ1n) is 15.6. The van der Waals surface area contributed by atoms with Crippen LogP contribution >= 0.6 is 11.3 Å². The minimum Gasteiger partial charge on any atom is -0.310 e. The van der Waals surface area contributed by atoms with Crippen LogP contribution in [0.4, 0.5) is 17.1 Å². The topological polar surface area (TPSA) is 3.24 Å². The Hall–Kier alpha value is -5.44. The second kappa shape index (κ2) is 8.38. The van der Waals surface area contributed by atoms with E-state index >= 15 is 0 Å². The van der Waals surface area contributed by atoms with Crippen molar-refractivity contribution >= 4 is 48.6 Å². The molecule has 1 atom stereocenters. The molecule has 3 aliphatic carbocycles. The van der Waals surface area contributed by atoms with E-state index in [0.29, 0.717) is 0 Å². The largest absolute Gasteiger partial charge is 0.310 e. The van der Waals surface area contributed by atoms with E-state index in [4.69, 9.17) is 0 Å². The van der Waals surface area contributed by atoms with Crippen LogP contribution in [-0.4, -0.2) is 0 Å². The molecule has 1 aromatic heterocycles. The van der Waals surface area contributed by atoms with Crippen molar-refractivity contribution < 1.29 is 0 Å². The number of thiophene rings is 1. The van der Waals surface area contributed by atoms with Crippen LogP contribution in [0.2, 0.25) is 0 Å². The Labute approximate surface area is 265 Å². The number of benzene rings is 7. The highest BCUT2D eigenvalue weighted by Crippen LogP contribution is 2.70. The number of hydrogen-bond acceptors (Lipinski definition) is 2. The van der Waals surface area contributed by atoms with E-state index in [2.05, 4.69) is 157 Å². The zero-order valence-corrected chi connectivity index (χ0v) is 25.1. The molecule has 3 aliphatic rings. The molecule has 45 heavy (non-hydrogen) atoms. The molecular formula is C43H25NS. The Morgan fingerprint density at radius 3 is 1.84 bits per heavy atom. The molecule has 0 bridgehead atoms. The summed E-state index contributed by atoms with van der Waals surface area (Å²) in [5.74, 6) is 0. The summed E-state index contributed by atoms with van der Waals surface area (Å²) in [5.41, 5.74) is 17.2. The van der Waals surface area contributed by atoms with Crippen molar-refractivity contribution in [3.8, 4) is 33.4 Å². The molecule has 11 rings (SSSR count). The second-order valence-corrected chi connectivity index (χ2v) is 13.5. The van der Waals surface area contributed by atoms with Gasteiger partial charge < -0.3 is 4.90 Å². The van der Waals surface area contributed by atoms with Crippen molar-refractivity contribution in [3.63, 3.8) is 0 Å². The summed E-state index contributed by atoms with van der Waals surface area (Å²) in [7, 11) is 0. The number of fused-ring (bicyclic) bond motifs is 8. The van der Waals surface area contributed by atoms with Crippen LogP contribution in [0.5, 0.6) is 0 Å². The Bertz CT molecular complexity index is 2540. The van der Waals surface area contributed by atoms with Gasteiger partial charge in [-0.25, -0.2) is 0 Å². The predicted octanol–water partition coefficient (Wildman–Crippen LogP) is 11.8. The average Bonchev–Trinajstić information content (AvgIpc) is 3.81. The monoisotopic (exact) mass is 587 g/mol. The van der Waals surface area contributed by atoms with Gasteiger partial charge in [-0.2, -0.15) is 0 Å². The first kappa shape index (κ1) is 23.9. The van der Waals surface area contributed by atoms with E-state index in [-0.39, 0.29) is 5.41 Å². The molecule has 0 amide bonds. The van der Waals surface area contributed by atoms with Crippen molar-refractivity contribution in [2.75, 3.05) is 4.90 Å². The van der Waals surface area contributed by atoms with Gasteiger partial charge in [0.25, 0.3) is 0 Å². The van der Waals surface area contributed by atoms with E-state index in [1.54, 1.807) is 0 Å². The number of para-hydroxylation sites is 1. The lowest BCUT2D eigenvalue weighted by atomic mass is 9.73. The Kier molecular flexibility index (Phi) is 4.46. The van der Waals surface area contributed by atoms with Gasteiger partial charge in [-0.05, 0) is 98.1 Å². The van der Waals surface area contributed by atoms with Crippen LogP contribution in [0.25, 0.3) is 53.6 Å². The summed E-state index contributed by atoms with van der Waals surface area (Å²) in [5, 5.41) is 2.62. The first-order chi connectivity index (χ1) is 22.3. The predicted molar refractivity (Wildman–Crippen MR) is 189 cm³/mol. The summed E-state index contributed by atoms with van der Waals surface area (Å²) in [4.78, 5) is 2.46. The van der Waals surface area contributed by atoms with E-state index in [1.807, 2.05) is 11.3 Å². The highest BCUT2D eigenvalue weighted by molar-refractivity contribution is 7.26. The quantitative estimate of drug-likeness (QED) is 0.199. The maximum atomic E-state index is 2.46. The van der Waals surface area contributed by atoms with Crippen LogP contribution in [0, 0.1) is 0 Å². The Morgan fingerprint density at radius 1 is 0.422 bits per heavy atom. The van der Waals surface area contributed by atoms with Gasteiger partial charge in [-0.1, -0.05) is 109 Å². The SMILES string of the molecule is c1ccc(N(c2ccc3c(c2)-c2cccc4c2C32c3ccccc3-c3cccc-4c32)c2cccc3sc4ccccc4c23)cc1. The molecule has 0 saturated carbocycles. The van der Waals surface area contributed by atoms with E-state index in [0.717, 1.165) is 5.69 Å². The first-order valence-corrected chi connectivity index (χ1v) is 16.4. The molecule has 0 radical (unpaired) electrons. The summed E-state index contributed by atoms with van der Waals surface area (Å²) >= 11 is 1.87. The molecule has 2 heteroatoms. The van der Waals surface area contributed by atoms with Gasteiger partial charge in [-0.3, -0.25) is 0 Å². The van der Waals surface area contributed by atoms with Crippen LogP contribution < -0.4 is 4.90 Å². The molecule has 7 aromatic carbocycles. The number of hydrogen-bond donors (Lipinski definition) is 0. The molecule has 0 N–H and O–H groups in total. The Morgan fingerprint density at radius 2 is 1.02 bits per heavy atom. The standard InChI is InChI=1S/C43H25NS/c1-2-11-26(12-3-1)44(37-20-10-22-39-40(37)33-14-5-7-21-38(33)45-39)27-23-24-36-34(25-27)32-18-9-17-31-30-16-8-15-29-28-13-4-6-19-35(28)43(36,41(29)30)42(31)32/h1-25H. The average molecular weight is 588 g/mol. The van der Waals surface area contributed by atoms with Crippen LogP contribution in [0.1, 0.15) is 22.3 Å². The van der Waals surface area contributed by atoms with Crippen molar-refractivity contribution in [2.45, 2.75) is 5.41 Å². The maximum absolute atomic E-state index is 2.46. The van der Waals surface area contributed by atoms with Crippen LogP contribution in [-0.2, 0) is 5.41 Å². The summed E-state index contributed by atoms with van der Waals surface area (Å²) in [6.45, 7) is 0. The molecular weight excluding hydrogens is 563 g/mol. The lowest BCUT2D eigenvalue weighted by molar-refractivity contribution is 0.818. The highest BCUT2D eigenvalue weighted by Gasteiger charge is 2.57. The summed E-state index contributed by atoms with van der Waals surface area (Å²) < 4.78 is 2.63. The lowest BCUT2D eigenvalue weighted by Crippen LogP contribution is -2.23. The third-order valence-electron chi connectivity index (χ3n) is 10.4. The van der Waals surface area contributed by atoms with Gasteiger partial charge in [0.05, 0.1) is 11.1 Å². The van der Waals surface area contributed by atoms with Crippen molar-refractivity contribution in [3.05, 3.63) is 174 Å². The van der Waals surface area contributed by atoms with Gasteiger partial charge >= 0.3 is 0 Å². The van der Waals surface area contributed by atoms with Gasteiger partial charge in [0, 0.05) is 31.5 Å². The summed E-state index contributed by atoms with van der Waals surface area (Å²) in [6, 6.07) is 56.6. The minimum absolute atomic E-state index is 0.260. The van der Waals surface area contributed by atoms with Crippen molar-refractivity contribution in [1.82, 2.24) is 0 Å². The van der Waals surface area contributed by atoms with E-state index < -0.39 is 0 Å². The Balaban J connectivity index is 1.22. The molecule has 1 unspecified atom stereocenters. The molecule has 0 fully saturated rings. The van der Waals surface area contributed by atoms with Crippen LogP contribution in [0.15, 0.2) is 152 Å². The third-order valence-corrected chi connectivity index (χ3v) is 11.5. The minimum atomic E-state index is -0.260. The van der Waals surface area contributed by atoms with Gasteiger partial charge in [0.1, 0.15) is 0 Å². The smallest absolute Gasteiger partial charge is 0.0737 e. The van der Waals surface area contributed by atoms with Crippen molar-refractivity contribution in [2.24, 2.45) is 0 Å². The maximum Gasteiger partial charge on any atom is 0.0737 e. The van der Waals surface area contributed by atoms with Crippen LogP contribution in [0.3, 0.4) is 0 Å². The van der Waals surface area contributed by atoms with Gasteiger partial charge in [0.2, 0.25) is 0 Å². The molecule has 1 heterocycles. The van der Waals surface area contributed by atoms with Gasteiger partial charge in [-0.15, -0.1) is 11.3 Å². The zero-order valence-electron chi connectivity index (χ0n) is 24.3. The third kappa shape index (κ3) is 2.80. The normalized spacial score (nSPS) is 16.1. The van der Waals surface area contributed by atoms with Gasteiger partial charge in [0.15, 0.2) is 0 Å². The second-order valence-electron chi connectivity index (χ2n) is 12.4. The molecule has 208 valence electrons. The fourth-order valence-corrected chi connectivity index (χ4v) is 9.96. The molecule has 1 spiro atoms. The molecule has 0 saturated heterocycles. The molecule has 0 aliphatic heterocycles. The summed E-state index contributed by atoms with van der Waals surface area (Å²) in [6.07, 6.45) is 0. The number of rotatable bonds is 3. The highest BCUT2D eigenvalue weighted by atomic mass is 32.1.